The van der Waals surface area contributed by atoms with E-state index < -0.39 is 38.5 Å². The quantitative estimate of drug-likeness (QED) is 0.599. The van der Waals surface area contributed by atoms with Crippen LogP contribution >= 0.6 is 0 Å². The van der Waals surface area contributed by atoms with E-state index in [2.05, 4.69) is 5.32 Å². The maximum Gasteiger partial charge on any atom is 0.235 e. The van der Waals surface area contributed by atoms with Crippen LogP contribution < -0.4 is 11.1 Å². The van der Waals surface area contributed by atoms with Gasteiger partial charge in [0.15, 0.2) is 0 Å². The van der Waals surface area contributed by atoms with Crippen molar-refractivity contribution in [2.24, 2.45) is 0 Å². The normalized spacial score (nSPS) is 13.7. The van der Waals surface area contributed by atoms with Gasteiger partial charge in [0.05, 0.1) is 10.8 Å². The number of halogens is 2. The molecule has 2 atom stereocenters. The summed E-state index contributed by atoms with van der Waals surface area (Å²) >= 11 is 0. The minimum Gasteiger partial charge on any atom is -0.399 e. The summed E-state index contributed by atoms with van der Waals surface area (Å²) in [6, 6.07) is 1.78. The molecule has 1 rings (SSSR count). The van der Waals surface area contributed by atoms with E-state index in [0.717, 1.165) is 31.4 Å². The zero-order valence-corrected chi connectivity index (χ0v) is 12.9. The summed E-state index contributed by atoms with van der Waals surface area (Å²) in [6.07, 6.45) is 2.80. The van der Waals surface area contributed by atoms with E-state index in [4.69, 9.17) is 5.73 Å². The van der Waals surface area contributed by atoms with Crippen LogP contribution in [0.2, 0.25) is 0 Å². The Hall–Kier alpha value is -1.50. The minimum absolute atomic E-state index is 0.0950. The van der Waals surface area contributed by atoms with Crippen LogP contribution in [-0.4, -0.2) is 21.9 Å². The highest BCUT2D eigenvalue weighted by atomic mass is 32.2. The number of amides is 1. The largest absolute Gasteiger partial charge is 0.399 e. The molecular formula is C14H20F2N2O2S. The van der Waals surface area contributed by atoms with Gasteiger partial charge in [0, 0.05) is 12.2 Å². The zero-order chi connectivity index (χ0) is 16.0. The first-order valence-corrected chi connectivity index (χ1v) is 8.02. The van der Waals surface area contributed by atoms with Crippen LogP contribution in [0.3, 0.4) is 0 Å². The number of hydrogen-bond donors (Lipinski definition) is 2. The van der Waals surface area contributed by atoms with Gasteiger partial charge in [-0.1, -0.05) is 19.8 Å². The van der Waals surface area contributed by atoms with E-state index >= 15 is 0 Å². The molecule has 0 aliphatic rings. The second-order valence-electron chi connectivity index (χ2n) is 4.75. The van der Waals surface area contributed by atoms with Crippen molar-refractivity contribution in [1.82, 2.24) is 5.32 Å². The van der Waals surface area contributed by atoms with Gasteiger partial charge < -0.3 is 11.1 Å². The van der Waals surface area contributed by atoms with Gasteiger partial charge in [-0.3, -0.25) is 9.00 Å². The molecule has 0 radical (unpaired) electrons. The van der Waals surface area contributed by atoms with Crippen molar-refractivity contribution in [3.63, 3.8) is 0 Å². The molecule has 0 aliphatic carbocycles. The molecular weight excluding hydrogens is 298 g/mol. The predicted molar refractivity (Wildman–Crippen MR) is 79.2 cm³/mol. The van der Waals surface area contributed by atoms with E-state index in [9.17, 15) is 17.8 Å². The molecule has 0 aliphatic heterocycles. The highest BCUT2D eigenvalue weighted by Crippen LogP contribution is 2.22. The van der Waals surface area contributed by atoms with Gasteiger partial charge in [0.2, 0.25) is 5.91 Å². The van der Waals surface area contributed by atoms with Crippen LogP contribution in [0, 0.1) is 11.6 Å². The Labute approximate surface area is 125 Å². The molecule has 4 nitrogen and oxygen atoms in total. The van der Waals surface area contributed by atoms with Gasteiger partial charge in [0.25, 0.3) is 0 Å². The number of nitrogens with two attached hydrogens (primary N) is 1. The molecule has 2 unspecified atom stereocenters. The first kappa shape index (κ1) is 17.6. The third-order valence-electron chi connectivity index (χ3n) is 2.99. The van der Waals surface area contributed by atoms with E-state index in [1.807, 2.05) is 6.92 Å². The van der Waals surface area contributed by atoms with Gasteiger partial charge in [-0.2, -0.15) is 0 Å². The molecule has 0 saturated carbocycles. The summed E-state index contributed by atoms with van der Waals surface area (Å²) in [7, 11) is -2.11. The molecule has 0 bridgehead atoms. The topological polar surface area (TPSA) is 72.2 Å². The molecule has 0 heterocycles. The van der Waals surface area contributed by atoms with Crippen molar-refractivity contribution < 1.29 is 17.8 Å². The van der Waals surface area contributed by atoms with E-state index in [0.29, 0.717) is 6.54 Å². The summed E-state index contributed by atoms with van der Waals surface area (Å²) in [5.41, 5.74) is 5.21. The Bertz CT molecular complexity index is 515. The Kier molecular flexibility index (Phi) is 6.74. The second-order valence-corrected chi connectivity index (χ2v) is 6.46. The lowest BCUT2D eigenvalue weighted by molar-refractivity contribution is -0.120. The van der Waals surface area contributed by atoms with Crippen LogP contribution in [0.4, 0.5) is 14.5 Å². The van der Waals surface area contributed by atoms with Crippen molar-refractivity contribution in [3.05, 3.63) is 23.8 Å². The number of nitrogens with one attached hydrogen (secondary N) is 1. The fourth-order valence-corrected chi connectivity index (χ4v) is 2.91. The maximum atomic E-state index is 13.7. The van der Waals surface area contributed by atoms with Gasteiger partial charge in [-0.25, -0.2) is 8.78 Å². The van der Waals surface area contributed by atoms with Crippen molar-refractivity contribution in [2.75, 3.05) is 12.3 Å². The summed E-state index contributed by atoms with van der Waals surface area (Å²) in [4.78, 5) is 11.2. The number of carbonyl (C=O) groups is 1. The number of anilines is 1. The van der Waals surface area contributed by atoms with E-state index in [1.54, 1.807) is 0 Å². The number of hydrogen-bond acceptors (Lipinski definition) is 3. The molecule has 7 heteroatoms. The summed E-state index contributed by atoms with van der Waals surface area (Å²) in [5, 5.41) is 1.57. The second kappa shape index (κ2) is 8.07. The summed E-state index contributed by atoms with van der Waals surface area (Å²) in [6.45, 7) is 3.87. The van der Waals surface area contributed by atoms with Crippen molar-refractivity contribution in [2.45, 2.75) is 43.3 Å². The molecule has 3 N–H and O–H groups in total. The van der Waals surface area contributed by atoms with E-state index in [-0.39, 0.29) is 5.69 Å². The molecule has 1 aromatic rings. The Morgan fingerprint density at radius 3 is 2.43 bits per heavy atom. The number of benzene rings is 1. The first-order valence-electron chi connectivity index (χ1n) is 6.81. The lowest BCUT2D eigenvalue weighted by atomic mass is 10.2. The standard InChI is InChI=1S/C14H20F2N2O2S/c1-3-4-5-6-18-14(19)9(2)21(20)13-11(15)7-10(17)8-12(13)16/h7-9H,3-6,17H2,1-2H3,(H,18,19). The maximum absolute atomic E-state index is 13.7. The summed E-state index contributed by atoms with van der Waals surface area (Å²) < 4.78 is 39.5. The van der Waals surface area contributed by atoms with Gasteiger partial charge in [-0.15, -0.1) is 0 Å². The third kappa shape index (κ3) is 4.77. The molecule has 0 saturated heterocycles. The van der Waals surface area contributed by atoms with Crippen molar-refractivity contribution in [1.29, 1.82) is 0 Å². The average molecular weight is 318 g/mol. The average Bonchev–Trinajstić information content (AvgIpc) is 2.41. The monoisotopic (exact) mass is 318 g/mol. The van der Waals surface area contributed by atoms with E-state index in [1.165, 1.54) is 6.92 Å². The van der Waals surface area contributed by atoms with Crippen LogP contribution in [-0.2, 0) is 15.6 Å². The number of rotatable bonds is 7. The Morgan fingerprint density at radius 2 is 1.90 bits per heavy atom. The van der Waals surface area contributed by atoms with Crippen LogP contribution in [0.15, 0.2) is 17.0 Å². The summed E-state index contributed by atoms with van der Waals surface area (Å²) in [5.74, 6) is -2.49. The number of carbonyl (C=O) groups excluding carboxylic acids is 1. The molecule has 0 fully saturated rings. The van der Waals surface area contributed by atoms with Gasteiger partial charge in [0.1, 0.15) is 21.8 Å². The zero-order valence-electron chi connectivity index (χ0n) is 12.1. The van der Waals surface area contributed by atoms with Gasteiger partial charge >= 0.3 is 0 Å². The SMILES string of the molecule is CCCCCNC(=O)C(C)S(=O)c1c(F)cc(N)cc1F. The van der Waals surface area contributed by atoms with Crippen LogP contribution in [0.5, 0.6) is 0 Å². The minimum atomic E-state index is -2.11. The first-order chi connectivity index (χ1) is 9.88. The van der Waals surface area contributed by atoms with Crippen LogP contribution in [0.1, 0.15) is 33.1 Å². The van der Waals surface area contributed by atoms with Gasteiger partial charge in [-0.05, 0) is 25.5 Å². The molecule has 118 valence electrons. The van der Waals surface area contributed by atoms with Crippen molar-refractivity contribution in [3.8, 4) is 0 Å². The smallest absolute Gasteiger partial charge is 0.235 e. The molecule has 0 spiro atoms. The Balaban J connectivity index is 2.76. The highest BCUT2D eigenvalue weighted by Gasteiger charge is 2.26. The van der Waals surface area contributed by atoms with Crippen molar-refractivity contribution >= 4 is 22.4 Å². The highest BCUT2D eigenvalue weighted by molar-refractivity contribution is 7.86. The predicted octanol–water partition coefficient (Wildman–Crippen LogP) is 2.35. The third-order valence-corrected chi connectivity index (χ3v) is 4.64. The molecule has 21 heavy (non-hydrogen) atoms. The molecule has 1 amide bonds. The number of nitrogen functional groups attached to an aromatic ring is 1. The fourth-order valence-electron chi connectivity index (χ4n) is 1.78. The number of unbranched alkanes of at least 4 members (excludes halogenated alkanes) is 2. The molecule has 0 aromatic heterocycles. The van der Waals surface area contributed by atoms with Crippen LogP contribution in [0.25, 0.3) is 0 Å². The Morgan fingerprint density at radius 1 is 1.33 bits per heavy atom. The lowest BCUT2D eigenvalue weighted by Gasteiger charge is -2.13. The lowest BCUT2D eigenvalue weighted by Crippen LogP contribution is -2.36. The fraction of sp³-hybridized carbons (Fsp3) is 0.500. The molecule has 1 aromatic carbocycles.